The molecule has 3 N–H and O–H groups in total. The van der Waals surface area contributed by atoms with Crippen LogP contribution in [0.25, 0.3) is 0 Å². The Hall–Kier alpha value is -1.29. The average molecular weight is 760 g/mol. The molecule has 8 rings (SSSR count). The van der Waals surface area contributed by atoms with Gasteiger partial charge in [0.2, 0.25) is 0 Å². The molecular weight excluding hydrogens is 694 g/mol. The van der Waals surface area contributed by atoms with E-state index in [0.717, 1.165) is 56.1 Å². The summed E-state index contributed by atoms with van der Waals surface area (Å²) >= 11 is 0. The fourth-order valence-corrected chi connectivity index (χ4v) is 11.1. The van der Waals surface area contributed by atoms with Crippen LogP contribution in [-0.2, 0) is 47.4 Å². The highest BCUT2D eigenvalue weighted by atomic mass is 16.7. The number of ether oxygens (including phenoxy) is 9. The van der Waals surface area contributed by atoms with Gasteiger partial charge in [-0.3, -0.25) is 4.79 Å². The molecule has 8 fully saturated rings. The van der Waals surface area contributed by atoms with Gasteiger partial charge in [-0.25, -0.2) is 0 Å². The fourth-order valence-electron chi connectivity index (χ4n) is 11.1. The zero-order chi connectivity index (χ0) is 37.7. The molecule has 10 bridgehead atoms. The monoisotopic (exact) mass is 759 g/mol. The van der Waals surface area contributed by atoms with Gasteiger partial charge in [-0.2, -0.15) is 0 Å². The molecule has 0 radical (unpaired) electrons. The number of ketones is 1. The molecular formula is C42H65NO11. The normalized spacial score (nSPS) is 49.4. The lowest BCUT2D eigenvalue weighted by atomic mass is 9.81. The van der Waals surface area contributed by atoms with Gasteiger partial charge < -0.3 is 53.5 Å². The van der Waals surface area contributed by atoms with Gasteiger partial charge in [0.15, 0.2) is 5.79 Å². The van der Waals surface area contributed by atoms with Gasteiger partial charge in [0.25, 0.3) is 0 Å². The SMILES string of the molecule is C=C1CC2CCC34CCCOC5C(O[C@H]6CCC(CC(=O)CC7[C@H](C[C@H]8OC(CCC1O2)C[C@@H](C)C8=C)O[C@H](CC(O)CN)[C@@H]7OC)OC6C5O3)C(C)O4. The number of carbonyl (C=O) groups excluding carboxylic acids is 1. The van der Waals surface area contributed by atoms with Crippen molar-refractivity contribution in [3.05, 3.63) is 24.3 Å². The predicted molar refractivity (Wildman–Crippen MR) is 198 cm³/mol. The minimum absolute atomic E-state index is 0.0236. The Bertz CT molecular complexity index is 1360. The second kappa shape index (κ2) is 16.5. The Labute approximate surface area is 321 Å². The zero-order valence-electron chi connectivity index (χ0n) is 32.6. The van der Waals surface area contributed by atoms with Crippen LogP contribution in [0, 0.1) is 11.8 Å². The van der Waals surface area contributed by atoms with Crippen LogP contribution < -0.4 is 5.73 Å². The van der Waals surface area contributed by atoms with Crippen LogP contribution in [0.1, 0.15) is 104 Å². The summed E-state index contributed by atoms with van der Waals surface area (Å²) < 4.78 is 60.4. The minimum atomic E-state index is -0.810. The molecule has 54 heavy (non-hydrogen) atoms. The molecule has 12 nitrogen and oxygen atoms in total. The number of fused-ring (bicyclic) bond motifs is 6. The summed E-state index contributed by atoms with van der Waals surface area (Å²) in [5.74, 6) is -0.664. The van der Waals surface area contributed by atoms with Crippen molar-refractivity contribution in [3.63, 3.8) is 0 Å². The van der Waals surface area contributed by atoms with Crippen LogP contribution in [0.4, 0.5) is 0 Å². The first-order chi connectivity index (χ1) is 26.0. The van der Waals surface area contributed by atoms with Crippen molar-refractivity contribution in [2.24, 2.45) is 17.6 Å². The first-order valence-electron chi connectivity index (χ1n) is 21.1. The van der Waals surface area contributed by atoms with Crippen LogP contribution in [0.2, 0.25) is 0 Å². The maximum atomic E-state index is 14.1. The lowest BCUT2D eigenvalue weighted by molar-refractivity contribution is -0.317. The van der Waals surface area contributed by atoms with Crippen molar-refractivity contribution in [1.29, 1.82) is 0 Å². The van der Waals surface area contributed by atoms with Gasteiger partial charge >= 0.3 is 0 Å². The molecule has 12 unspecified atom stereocenters. The second-order valence-electron chi connectivity index (χ2n) is 17.8. The van der Waals surface area contributed by atoms with Crippen molar-refractivity contribution in [2.75, 3.05) is 20.3 Å². The number of methoxy groups -OCH3 is 1. The Kier molecular flexibility index (Phi) is 12.1. The van der Waals surface area contributed by atoms with Gasteiger partial charge in [0.1, 0.15) is 30.2 Å². The van der Waals surface area contributed by atoms with Crippen molar-refractivity contribution in [2.45, 2.75) is 201 Å². The number of aliphatic hydroxyl groups excluding tert-OH is 1. The van der Waals surface area contributed by atoms with E-state index in [1.54, 1.807) is 7.11 Å². The number of nitrogens with two attached hydrogens (primary N) is 1. The Balaban J connectivity index is 1.08. The van der Waals surface area contributed by atoms with Crippen LogP contribution in [0.5, 0.6) is 0 Å². The number of hydrogen-bond donors (Lipinski definition) is 2. The molecule has 0 aromatic carbocycles. The van der Waals surface area contributed by atoms with Crippen LogP contribution in [0.3, 0.4) is 0 Å². The quantitative estimate of drug-likeness (QED) is 0.390. The maximum Gasteiger partial charge on any atom is 0.169 e. The number of hydrogen-bond acceptors (Lipinski definition) is 12. The van der Waals surface area contributed by atoms with Gasteiger partial charge in [0, 0.05) is 64.7 Å². The third-order valence-corrected chi connectivity index (χ3v) is 14.0. The first kappa shape index (κ1) is 39.5. The largest absolute Gasteiger partial charge is 0.392 e. The van der Waals surface area contributed by atoms with E-state index in [1.165, 1.54) is 0 Å². The minimum Gasteiger partial charge on any atom is -0.392 e. The lowest BCUT2D eigenvalue weighted by Gasteiger charge is -2.50. The van der Waals surface area contributed by atoms with E-state index in [0.29, 0.717) is 38.7 Å². The number of Topliss-reactive ketones (excluding diaryl/α,β-unsaturated/α-hetero) is 1. The van der Waals surface area contributed by atoms with Crippen molar-refractivity contribution in [3.8, 4) is 0 Å². The summed E-state index contributed by atoms with van der Waals surface area (Å²) in [6.45, 7) is 14.0. The summed E-state index contributed by atoms with van der Waals surface area (Å²) in [7, 11) is 1.66. The van der Waals surface area contributed by atoms with E-state index in [9.17, 15) is 9.90 Å². The number of carbonyl (C=O) groups is 1. The van der Waals surface area contributed by atoms with Gasteiger partial charge in [-0.05, 0) is 75.4 Å². The molecule has 8 aliphatic rings. The highest BCUT2D eigenvalue weighted by Gasteiger charge is 2.59. The summed E-state index contributed by atoms with van der Waals surface area (Å²) in [5, 5.41) is 10.6. The molecule has 12 heteroatoms. The van der Waals surface area contributed by atoms with Crippen molar-refractivity contribution >= 4 is 5.78 Å². The van der Waals surface area contributed by atoms with Crippen molar-refractivity contribution in [1.82, 2.24) is 0 Å². The molecule has 0 spiro atoms. The molecule has 0 amide bonds. The van der Waals surface area contributed by atoms with Crippen molar-refractivity contribution < 1.29 is 52.5 Å². The van der Waals surface area contributed by atoms with Crippen LogP contribution in [0.15, 0.2) is 24.3 Å². The third-order valence-electron chi connectivity index (χ3n) is 14.0. The zero-order valence-corrected chi connectivity index (χ0v) is 32.6. The Morgan fingerprint density at radius 3 is 2.44 bits per heavy atom. The summed E-state index contributed by atoms with van der Waals surface area (Å²) in [6, 6.07) is 0. The van der Waals surface area contributed by atoms with Gasteiger partial charge in [-0.15, -0.1) is 0 Å². The average Bonchev–Trinajstić information content (AvgIpc) is 3.65. The first-order valence-corrected chi connectivity index (χ1v) is 21.1. The van der Waals surface area contributed by atoms with Gasteiger partial charge in [-0.1, -0.05) is 20.1 Å². The molecule has 304 valence electrons. The van der Waals surface area contributed by atoms with Gasteiger partial charge in [0.05, 0.1) is 67.1 Å². The molecule has 0 aromatic rings. The van der Waals surface area contributed by atoms with E-state index < -0.39 is 18.0 Å². The lowest BCUT2D eigenvalue weighted by Crippen LogP contribution is -2.64. The fraction of sp³-hybridized carbons (Fsp3) is 0.881. The highest BCUT2D eigenvalue weighted by Crippen LogP contribution is 2.47. The Morgan fingerprint density at radius 2 is 1.63 bits per heavy atom. The van der Waals surface area contributed by atoms with E-state index in [4.69, 9.17) is 48.4 Å². The topological polar surface area (TPSA) is 146 Å². The third kappa shape index (κ3) is 8.06. The molecule has 0 aliphatic carbocycles. The maximum absolute atomic E-state index is 14.1. The van der Waals surface area contributed by atoms with Crippen LogP contribution >= 0.6 is 0 Å². The molecule has 8 aliphatic heterocycles. The molecule has 8 saturated heterocycles. The number of rotatable bonds is 4. The predicted octanol–water partition coefficient (Wildman–Crippen LogP) is 4.47. The van der Waals surface area contributed by atoms with E-state index in [1.807, 2.05) is 0 Å². The number of aliphatic hydroxyl groups is 1. The smallest absolute Gasteiger partial charge is 0.169 e. The molecule has 0 aromatic heterocycles. The molecule has 8 heterocycles. The summed E-state index contributed by atoms with van der Waals surface area (Å²) in [5.41, 5.74) is 8.02. The molecule has 18 atom stereocenters. The van der Waals surface area contributed by atoms with Crippen LogP contribution in [-0.4, -0.2) is 128 Å². The summed E-state index contributed by atoms with van der Waals surface area (Å²) in [4.78, 5) is 14.1. The van der Waals surface area contributed by atoms with E-state index >= 15 is 0 Å². The molecule has 0 saturated carbocycles. The second-order valence-corrected chi connectivity index (χ2v) is 17.8. The van der Waals surface area contributed by atoms with E-state index in [2.05, 4.69) is 27.0 Å². The Morgan fingerprint density at radius 1 is 0.833 bits per heavy atom. The highest BCUT2D eigenvalue weighted by molar-refractivity contribution is 5.79. The standard InChI is InChI=1S/C42H65NO11/c1-22-15-28-7-9-32-23(2)16-30(48-32)11-13-42-12-6-14-47-40-37(25(4)53-42)52-33-10-8-29(50-39(33)41(40)54-42)17-26(44)18-31-35(20-34(49-28)24(22)3)51-36(38(31)46-5)19-27(45)21-43/h22,25,27-41,45H,2-3,6-21,43H2,1,4-5H3/t22-,25?,27?,28?,29?,30?,31?,32?,33+,34-,35+,36-,37?,38-,39?,40?,41?,42?/m1/s1. The summed E-state index contributed by atoms with van der Waals surface area (Å²) in [6.07, 6.45) is 5.31. The van der Waals surface area contributed by atoms with E-state index in [-0.39, 0.29) is 116 Å².